The maximum atomic E-state index is 12.0. The fraction of sp³-hybridized carbons (Fsp3) is 0.615. The number of nitrogens with one attached hydrogen (secondary N) is 3. The van der Waals surface area contributed by atoms with Crippen LogP contribution in [0.5, 0.6) is 0 Å². The minimum atomic E-state index is -0.389. The molecule has 0 saturated heterocycles. The number of nitrogens with zero attached hydrogens (tertiary/aromatic N) is 1. The molecule has 1 rings (SSSR count). The van der Waals surface area contributed by atoms with Gasteiger partial charge in [0.15, 0.2) is 0 Å². The molecule has 0 radical (unpaired) electrons. The number of aromatic nitrogens is 2. The second-order valence-electron chi connectivity index (χ2n) is 5.48. The van der Waals surface area contributed by atoms with E-state index in [1.807, 2.05) is 20.8 Å². The van der Waals surface area contributed by atoms with E-state index in [2.05, 4.69) is 20.6 Å². The van der Waals surface area contributed by atoms with Crippen molar-refractivity contribution in [3.05, 3.63) is 27.4 Å². The maximum Gasteiger partial charge on any atom is 0.264 e. The summed E-state index contributed by atoms with van der Waals surface area (Å²) >= 11 is 0. The molecule has 0 aromatic carbocycles. The zero-order valence-corrected chi connectivity index (χ0v) is 12.2. The molecule has 0 aliphatic rings. The molecular weight excluding hydrogens is 244 g/mol. The number of rotatable bonds is 4. The molecule has 6 nitrogen and oxygen atoms in total. The van der Waals surface area contributed by atoms with E-state index < -0.39 is 0 Å². The van der Waals surface area contributed by atoms with Crippen LogP contribution in [-0.4, -0.2) is 36.0 Å². The first kappa shape index (κ1) is 15.4. The van der Waals surface area contributed by atoms with E-state index in [4.69, 9.17) is 0 Å². The quantitative estimate of drug-likeness (QED) is 0.685. The van der Waals surface area contributed by atoms with Gasteiger partial charge in [0.25, 0.3) is 11.5 Å². The van der Waals surface area contributed by atoms with Gasteiger partial charge in [-0.15, -0.1) is 0 Å². The van der Waals surface area contributed by atoms with Crippen LogP contribution in [0.1, 0.15) is 42.6 Å². The summed E-state index contributed by atoms with van der Waals surface area (Å²) in [5.41, 5.74) is -0.107. The van der Waals surface area contributed by atoms with Crippen molar-refractivity contribution in [2.24, 2.45) is 0 Å². The van der Waals surface area contributed by atoms with Gasteiger partial charge in [-0.1, -0.05) is 20.8 Å². The molecule has 0 atom stereocenters. The molecule has 1 heterocycles. The van der Waals surface area contributed by atoms with Crippen LogP contribution in [0.4, 0.5) is 0 Å². The SMILES string of the molecule is CNCCNC(=O)c1c(C)nc(C(C)(C)C)[nH]c1=O. The Balaban J connectivity index is 3.04. The Morgan fingerprint density at radius 3 is 2.42 bits per heavy atom. The van der Waals surface area contributed by atoms with Crippen molar-refractivity contribution < 1.29 is 4.79 Å². The Kier molecular flexibility index (Phi) is 4.83. The molecule has 19 heavy (non-hydrogen) atoms. The van der Waals surface area contributed by atoms with E-state index in [0.29, 0.717) is 24.6 Å². The van der Waals surface area contributed by atoms with Crippen molar-refractivity contribution in [1.29, 1.82) is 0 Å². The Hall–Kier alpha value is -1.69. The summed E-state index contributed by atoms with van der Waals surface area (Å²) < 4.78 is 0. The third-order valence-corrected chi connectivity index (χ3v) is 2.70. The third-order valence-electron chi connectivity index (χ3n) is 2.70. The molecule has 1 aromatic heterocycles. The average Bonchev–Trinajstić information content (AvgIpc) is 2.27. The van der Waals surface area contributed by atoms with Crippen molar-refractivity contribution in [3.8, 4) is 0 Å². The van der Waals surface area contributed by atoms with Crippen LogP contribution in [-0.2, 0) is 5.41 Å². The predicted octanol–water partition coefficient (Wildman–Crippen LogP) is 0.325. The van der Waals surface area contributed by atoms with Gasteiger partial charge < -0.3 is 15.6 Å². The van der Waals surface area contributed by atoms with Gasteiger partial charge in [0, 0.05) is 18.5 Å². The van der Waals surface area contributed by atoms with Crippen LogP contribution in [0.25, 0.3) is 0 Å². The number of aromatic amines is 1. The van der Waals surface area contributed by atoms with E-state index in [-0.39, 0.29) is 22.4 Å². The molecule has 3 N–H and O–H groups in total. The number of carbonyl (C=O) groups is 1. The molecule has 0 bridgehead atoms. The van der Waals surface area contributed by atoms with Crippen molar-refractivity contribution in [1.82, 2.24) is 20.6 Å². The van der Waals surface area contributed by atoms with Crippen LogP contribution < -0.4 is 16.2 Å². The van der Waals surface area contributed by atoms with Crippen molar-refractivity contribution in [3.63, 3.8) is 0 Å². The molecule has 106 valence electrons. The second-order valence-corrected chi connectivity index (χ2v) is 5.48. The molecule has 0 unspecified atom stereocenters. The topological polar surface area (TPSA) is 86.9 Å². The highest BCUT2D eigenvalue weighted by molar-refractivity contribution is 5.94. The summed E-state index contributed by atoms with van der Waals surface area (Å²) in [7, 11) is 1.80. The van der Waals surface area contributed by atoms with Gasteiger partial charge in [-0.25, -0.2) is 4.98 Å². The molecule has 6 heteroatoms. The van der Waals surface area contributed by atoms with Crippen molar-refractivity contribution in [2.45, 2.75) is 33.1 Å². The van der Waals surface area contributed by atoms with E-state index in [0.717, 1.165) is 0 Å². The van der Waals surface area contributed by atoms with E-state index in [1.54, 1.807) is 14.0 Å². The second kappa shape index (κ2) is 5.97. The van der Waals surface area contributed by atoms with Gasteiger partial charge >= 0.3 is 0 Å². The lowest BCUT2D eigenvalue weighted by Crippen LogP contribution is -2.36. The molecule has 0 fully saturated rings. The first-order valence-electron chi connectivity index (χ1n) is 6.31. The molecule has 1 aromatic rings. The number of amides is 1. The third kappa shape index (κ3) is 3.89. The largest absolute Gasteiger partial charge is 0.351 e. The average molecular weight is 266 g/mol. The highest BCUT2D eigenvalue weighted by Gasteiger charge is 2.21. The van der Waals surface area contributed by atoms with Gasteiger partial charge in [0.05, 0.1) is 5.69 Å². The monoisotopic (exact) mass is 266 g/mol. The number of carbonyl (C=O) groups excluding carboxylic acids is 1. The zero-order valence-electron chi connectivity index (χ0n) is 12.2. The maximum absolute atomic E-state index is 12.0. The van der Waals surface area contributed by atoms with Crippen molar-refractivity contribution >= 4 is 5.91 Å². The van der Waals surface area contributed by atoms with Crippen LogP contribution in [0, 0.1) is 6.92 Å². The van der Waals surface area contributed by atoms with Crippen molar-refractivity contribution in [2.75, 3.05) is 20.1 Å². The van der Waals surface area contributed by atoms with Gasteiger partial charge in [0.1, 0.15) is 11.4 Å². The predicted molar refractivity (Wildman–Crippen MR) is 74.6 cm³/mol. The van der Waals surface area contributed by atoms with Crippen LogP contribution in [0.2, 0.25) is 0 Å². The minimum absolute atomic E-state index is 0.0871. The van der Waals surface area contributed by atoms with E-state index >= 15 is 0 Å². The summed E-state index contributed by atoms with van der Waals surface area (Å²) in [6, 6.07) is 0. The summed E-state index contributed by atoms with van der Waals surface area (Å²) in [5.74, 6) is 0.198. The normalized spacial score (nSPS) is 11.4. The summed E-state index contributed by atoms with van der Waals surface area (Å²) in [5, 5.41) is 5.59. The first-order valence-corrected chi connectivity index (χ1v) is 6.31. The van der Waals surface area contributed by atoms with E-state index in [1.165, 1.54) is 0 Å². The molecule has 0 spiro atoms. The standard InChI is InChI=1S/C13H22N4O2/c1-8-9(10(18)15-7-6-14-5)11(19)17-12(16-8)13(2,3)4/h14H,6-7H2,1-5H3,(H,15,18)(H,16,17,19). The Morgan fingerprint density at radius 2 is 1.95 bits per heavy atom. The number of hydrogen-bond donors (Lipinski definition) is 3. The van der Waals surface area contributed by atoms with Crippen LogP contribution in [0.3, 0.4) is 0 Å². The number of likely N-dealkylation sites (N-methyl/N-ethyl adjacent to an activating group) is 1. The smallest absolute Gasteiger partial charge is 0.264 e. The number of hydrogen-bond acceptors (Lipinski definition) is 4. The number of aryl methyl sites for hydroxylation is 1. The van der Waals surface area contributed by atoms with Crippen LogP contribution in [0.15, 0.2) is 4.79 Å². The fourth-order valence-electron chi connectivity index (χ4n) is 1.60. The van der Waals surface area contributed by atoms with Gasteiger partial charge in [-0.05, 0) is 14.0 Å². The molecule has 1 amide bonds. The van der Waals surface area contributed by atoms with Gasteiger partial charge in [0.2, 0.25) is 0 Å². The zero-order chi connectivity index (χ0) is 14.6. The lowest BCUT2D eigenvalue weighted by molar-refractivity contribution is 0.0951. The summed E-state index contributed by atoms with van der Waals surface area (Å²) in [6.45, 7) is 8.66. The van der Waals surface area contributed by atoms with E-state index in [9.17, 15) is 9.59 Å². The Labute approximate surface area is 113 Å². The lowest BCUT2D eigenvalue weighted by atomic mass is 9.95. The fourth-order valence-corrected chi connectivity index (χ4v) is 1.60. The van der Waals surface area contributed by atoms with Gasteiger partial charge in [-0.2, -0.15) is 0 Å². The Morgan fingerprint density at radius 1 is 1.32 bits per heavy atom. The lowest BCUT2D eigenvalue weighted by Gasteiger charge is -2.18. The molecular formula is C13H22N4O2. The molecule has 0 aliphatic carbocycles. The first-order chi connectivity index (χ1) is 8.77. The van der Waals surface area contributed by atoms with Crippen LogP contribution >= 0.6 is 0 Å². The van der Waals surface area contributed by atoms with Gasteiger partial charge in [-0.3, -0.25) is 9.59 Å². The molecule has 0 aliphatic heterocycles. The molecule has 0 saturated carbocycles. The Bertz CT molecular complexity index is 514. The summed E-state index contributed by atoms with van der Waals surface area (Å²) in [6.07, 6.45) is 0. The minimum Gasteiger partial charge on any atom is -0.351 e. The summed E-state index contributed by atoms with van der Waals surface area (Å²) in [4.78, 5) is 30.9. The highest BCUT2D eigenvalue weighted by Crippen LogP contribution is 2.17. The number of H-pyrrole nitrogens is 1. The highest BCUT2D eigenvalue weighted by atomic mass is 16.2.